The van der Waals surface area contributed by atoms with E-state index in [2.05, 4.69) is 5.32 Å². The van der Waals surface area contributed by atoms with Gasteiger partial charge in [-0.3, -0.25) is 4.79 Å². The molecule has 0 heterocycles. The smallest absolute Gasteiger partial charge is 0.344 e. The van der Waals surface area contributed by atoms with E-state index >= 15 is 0 Å². The van der Waals surface area contributed by atoms with E-state index in [0.717, 1.165) is 0 Å². The summed E-state index contributed by atoms with van der Waals surface area (Å²) in [6, 6.07) is 13.4. The Morgan fingerprint density at radius 3 is 2.40 bits per heavy atom. The van der Waals surface area contributed by atoms with Gasteiger partial charge < -0.3 is 14.8 Å². The van der Waals surface area contributed by atoms with Gasteiger partial charge in [0.2, 0.25) is 0 Å². The minimum absolute atomic E-state index is 0.375. The molecule has 0 spiro atoms. The van der Waals surface area contributed by atoms with Crippen LogP contribution < -0.4 is 10.1 Å². The zero-order chi connectivity index (χ0) is 18.2. The molecule has 0 fully saturated rings. The average molecular weight is 342 g/mol. The molecule has 0 saturated heterocycles. The van der Waals surface area contributed by atoms with Gasteiger partial charge in [-0.1, -0.05) is 0 Å². The van der Waals surface area contributed by atoms with Gasteiger partial charge in [0.15, 0.2) is 12.7 Å². The van der Waals surface area contributed by atoms with Crippen LogP contribution in [0.3, 0.4) is 0 Å². The number of carbonyl (C=O) groups is 2. The maximum atomic E-state index is 12.8. The van der Waals surface area contributed by atoms with Crippen molar-refractivity contribution in [1.29, 1.82) is 5.26 Å². The number of amides is 1. The van der Waals surface area contributed by atoms with Crippen molar-refractivity contribution in [2.45, 2.75) is 13.0 Å². The van der Waals surface area contributed by atoms with Crippen LogP contribution in [0, 0.1) is 17.1 Å². The molecule has 0 saturated carbocycles. The molecule has 2 aromatic carbocycles. The van der Waals surface area contributed by atoms with Crippen LogP contribution in [0.4, 0.5) is 10.1 Å². The molecule has 128 valence electrons. The van der Waals surface area contributed by atoms with Crippen LogP contribution in [0.1, 0.15) is 12.5 Å². The molecule has 0 aliphatic rings. The van der Waals surface area contributed by atoms with Gasteiger partial charge in [0.1, 0.15) is 11.6 Å². The Kier molecular flexibility index (Phi) is 6.07. The molecule has 0 unspecified atom stereocenters. The topological polar surface area (TPSA) is 88.4 Å². The fraction of sp³-hybridized carbons (Fsp3) is 0.167. The molecule has 1 atom stereocenters. The van der Waals surface area contributed by atoms with E-state index < -0.39 is 23.8 Å². The number of nitrogens with zero attached hydrogens (tertiary/aromatic N) is 1. The van der Waals surface area contributed by atoms with E-state index in [1.54, 1.807) is 24.3 Å². The SMILES string of the molecule is C[C@H](OC(=O)COc1ccc(C#N)cc1)C(=O)Nc1ccc(F)cc1. The first-order chi connectivity index (χ1) is 12.0. The summed E-state index contributed by atoms with van der Waals surface area (Å²) >= 11 is 0. The molecule has 6 nitrogen and oxygen atoms in total. The van der Waals surface area contributed by atoms with Crippen LogP contribution in [0.5, 0.6) is 5.75 Å². The number of anilines is 1. The molecule has 0 aliphatic carbocycles. The number of hydrogen-bond donors (Lipinski definition) is 1. The molecule has 1 amide bonds. The summed E-state index contributed by atoms with van der Waals surface area (Å²) in [6.45, 7) is 1.04. The Hall–Kier alpha value is -3.40. The normalized spacial score (nSPS) is 11.1. The van der Waals surface area contributed by atoms with Gasteiger partial charge in [0.05, 0.1) is 11.6 Å². The predicted octanol–water partition coefficient (Wildman–Crippen LogP) is 2.65. The number of hydrogen-bond acceptors (Lipinski definition) is 5. The van der Waals surface area contributed by atoms with Crippen LogP contribution in [0.15, 0.2) is 48.5 Å². The summed E-state index contributed by atoms with van der Waals surface area (Å²) in [6.07, 6.45) is -1.04. The summed E-state index contributed by atoms with van der Waals surface area (Å²) in [5, 5.41) is 11.2. The first-order valence-corrected chi connectivity index (χ1v) is 7.37. The zero-order valence-corrected chi connectivity index (χ0v) is 13.4. The highest BCUT2D eigenvalue weighted by Crippen LogP contribution is 2.12. The Morgan fingerprint density at radius 1 is 1.16 bits per heavy atom. The molecule has 1 N–H and O–H groups in total. The molecule has 2 rings (SSSR count). The van der Waals surface area contributed by atoms with E-state index in [0.29, 0.717) is 17.0 Å². The molecule has 0 aromatic heterocycles. The van der Waals surface area contributed by atoms with Gasteiger partial charge in [-0.05, 0) is 55.5 Å². The number of benzene rings is 2. The minimum Gasteiger partial charge on any atom is -0.482 e. The Labute approximate surface area is 143 Å². The molecule has 0 radical (unpaired) electrons. The van der Waals surface area contributed by atoms with E-state index in [1.807, 2.05) is 6.07 Å². The highest BCUT2D eigenvalue weighted by Gasteiger charge is 2.18. The third-order valence-corrected chi connectivity index (χ3v) is 3.13. The third-order valence-electron chi connectivity index (χ3n) is 3.13. The second-order valence-corrected chi connectivity index (χ2v) is 5.05. The molecule has 0 bridgehead atoms. The second-order valence-electron chi connectivity index (χ2n) is 5.05. The summed E-state index contributed by atoms with van der Waals surface area (Å²) in [7, 11) is 0. The lowest BCUT2D eigenvalue weighted by Crippen LogP contribution is -2.31. The predicted molar refractivity (Wildman–Crippen MR) is 87.2 cm³/mol. The van der Waals surface area contributed by atoms with E-state index in [1.165, 1.54) is 31.2 Å². The first kappa shape index (κ1) is 17.9. The van der Waals surface area contributed by atoms with Crippen molar-refractivity contribution >= 4 is 17.6 Å². The van der Waals surface area contributed by atoms with E-state index in [9.17, 15) is 14.0 Å². The van der Waals surface area contributed by atoms with Crippen LogP contribution in [0.25, 0.3) is 0 Å². The molecule has 25 heavy (non-hydrogen) atoms. The number of ether oxygens (including phenoxy) is 2. The lowest BCUT2D eigenvalue weighted by atomic mass is 10.2. The number of nitriles is 1. The number of rotatable bonds is 6. The first-order valence-electron chi connectivity index (χ1n) is 7.37. The summed E-state index contributed by atoms with van der Waals surface area (Å²) in [4.78, 5) is 23.6. The van der Waals surface area contributed by atoms with Crippen LogP contribution in [-0.4, -0.2) is 24.6 Å². The van der Waals surface area contributed by atoms with Crippen molar-refractivity contribution in [3.05, 3.63) is 59.9 Å². The van der Waals surface area contributed by atoms with Crippen molar-refractivity contribution in [2.24, 2.45) is 0 Å². The number of esters is 1. The molecule has 2 aromatic rings. The fourth-order valence-corrected chi connectivity index (χ4v) is 1.83. The highest BCUT2D eigenvalue weighted by atomic mass is 19.1. The van der Waals surface area contributed by atoms with Crippen molar-refractivity contribution in [2.75, 3.05) is 11.9 Å². The van der Waals surface area contributed by atoms with Gasteiger partial charge in [-0.2, -0.15) is 5.26 Å². The Bertz CT molecular complexity index is 782. The summed E-state index contributed by atoms with van der Waals surface area (Å²) in [5.74, 6) is -1.28. The Morgan fingerprint density at radius 2 is 1.80 bits per heavy atom. The second kappa shape index (κ2) is 8.45. The van der Waals surface area contributed by atoms with Gasteiger partial charge in [0, 0.05) is 5.69 Å². The lowest BCUT2D eigenvalue weighted by molar-refractivity contribution is -0.155. The Balaban J connectivity index is 1.79. The molecule has 7 heteroatoms. The lowest BCUT2D eigenvalue weighted by Gasteiger charge is -2.14. The van der Waals surface area contributed by atoms with Gasteiger partial charge in [0.25, 0.3) is 5.91 Å². The quantitative estimate of drug-likeness (QED) is 0.815. The van der Waals surface area contributed by atoms with Crippen LogP contribution >= 0.6 is 0 Å². The van der Waals surface area contributed by atoms with Crippen LogP contribution in [-0.2, 0) is 14.3 Å². The van der Waals surface area contributed by atoms with Gasteiger partial charge >= 0.3 is 5.97 Å². The standard InChI is InChI=1S/C18H15FN2O4/c1-12(18(23)21-15-6-4-14(19)5-7-15)25-17(22)11-24-16-8-2-13(10-20)3-9-16/h2-9,12H,11H2,1H3,(H,21,23)/t12-/m0/s1. The fourth-order valence-electron chi connectivity index (χ4n) is 1.83. The minimum atomic E-state index is -1.04. The van der Waals surface area contributed by atoms with Crippen molar-refractivity contribution in [1.82, 2.24) is 0 Å². The summed E-state index contributed by atoms with van der Waals surface area (Å²) < 4.78 is 23.0. The van der Waals surface area contributed by atoms with Gasteiger partial charge in [-0.25, -0.2) is 9.18 Å². The molecular formula is C18H15FN2O4. The number of nitrogens with one attached hydrogen (secondary N) is 1. The van der Waals surface area contributed by atoms with Crippen molar-refractivity contribution < 1.29 is 23.5 Å². The van der Waals surface area contributed by atoms with Crippen molar-refractivity contribution in [3.8, 4) is 11.8 Å². The highest BCUT2D eigenvalue weighted by molar-refractivity contribution is 5.95. The maximum Gasteiger partial charge on any atom is 0.344 e. The van der Waals surface area contributed by atoms with Crippen molar-refractivity contribution in [3.63, 3.8) is 0 Å². The van der Waals surface area contributed by atoms with E-state index in [-0.39, 0.29) is 6.61 Å². The summed E-state index contributed by atoms with van der Waals surface area (Å²) in [5.41, 5.74) is 0.865. The molecule has 0 aliphatic heterocycles. The maximum absolute atomic E-state index is 12.8. The molecular weight excluding hydrogens is 327 g/mol. The number of halogens is 1. The third kappa shape index (κ3) is 5.62. The largest absolute Gasteiger partial charge is 0.482 e. The number of carbonyl (C=O) groups excluding carboxylic acids is 2. The van der Waals surface area contributed by atoms with Gasteiger partial charge in [-0.15, -0.1) is 0 Å². The average Bonchev–Trinajstić information content (AvgIpc) is 2.62. The zero-order valence-electron chi connectivity index (χ0n) is 13.4. The monoisotopic (exact) mass is 342 g/mol. The van der Waals surface area contributed by atoms with Crippen LogP contribution in [0.2, 0.25) is 0 Å². The van der Waals surface area contributed by atoms with E-state index in [4.69, 9.17) is 14.7 Å².